The maximum atomic E-state index is 5.79. The van der Waals surface area contributed by atoms with E-state index in [9.17, 15) is 0 Å². The molecule has 4 heteroatoms. The van der Waals surface area contributed by atoms with Crippen molar-refractivity contribution in [2.75, 3.05) is 19.8 Å². The molecule has 0 bridgehead atoms. The zero-order valence-electron chi connectivity index (χ0n) is 21.6. The average molecular weight is 467 g/mol. The van der Waals surface area contributed by atoms with Gasteiger partial charge in [-0.2, -0.15) is 0 Å². The summed E-state index contributed by atoms with van der Waals surface area (Å²) >= 11 is 0. The van der Waals surface area contributed by atoms with E-state index in [-0.39, 0.29) is 0 Å². The summed E-state index contributed by atoms with van der Waals surface area (Å²) in [5.74, 6) is 1.47. The summed E-state index contributed by atoms with van der Waals surface area (Å²) in [4.78, 5) is 8.98. The number of ether oxygens (including phenoxy) is 2. The lowest BCUT2D eigenvalue weighted by Crippen LogP contribution is -1.98. The Morgan fingerprint density at radius 2 is 1.38 bits per heavy atom. The molecule has 2 rings (SSSR count). The molecule has 1 aromatic carbocycles. The van der Waals surface area contributed by atoms with Crippen LogP contribution in [-0.2, 0) is 11.2 Å². The molecule has 0 spiro atoms. The van der Waals surface area contributed by atoms with Crippen molar-refractivity contribution >= 4 is 0 Å². The van der Waals surface area contributed by atoms with Gasteiger partial charge in [0.05, 0.1) is 19.0 Å². The lowest BCUT2D eigenvalue weighted by Gasteiger charge is -2.06. The van der Waals surface area contributed by atoms with E-state index in [2.05, 4.69) is 60.2 Å². The molecule has 0 amide bonds. The zero-order chi connectivity index (χ0) is 24.1. The fourth-order valence-corrected chi connectivity index (χ4v) is 3.84. The highest BCUT2D eigenvalue weighted by Crippen LogP contribution is 2.18. The number of aromatic nitrogens is 2. The second kappa shape index (κ2) is 19.1. The minimum Gasteiger partial charge on any atom is -0.490 e. The van der Waals surface area contributed by atoms with E-state index in [1.54, 1.807) is 12.4 Å². The summed E-state index contributed by atoms with van der Waals surface area (Å²) in [6.07, 6.45) is 24.0. The standard InChI is InChI=1S/C30H46N2O2/c1-3-5-6-7-8-9-10-11-12-16-24-34-29-25-31-30(32-26-29)28-20-18-27(19-21-28)17-14-13-15-23-33-22-4-2/h11-12,18-21,25-26H,3-10,13-17,22-24H2,1-2H3/b12-11-. The molecule has 0 aliphatic heterocycles. The third kappa shape index (κ3) is 12.9. The van der Waals surface area contributed by atoms with Gasteiger partial charge < -0.3 is 9.47 Å². The number of hydrogen-bond acceptors (Lipinski definition) is 4. The van der Waals surface area contributed by atoms with Gasteiger partial charge in [0.25, 0.3) is 0 Å². The fourth-order valence-electron chi connectivity index (χ4n) is 3.84. The largest absolute Gasteiger partial charge is 0.490 e. The van der Waals surface area contributed by atoms with Gasteiger partial charge in [-0.05, 0) is 50.5 Å². The molecule has 0 atom stereocenters. The second-order valence-electron chi connectivity index (χ2n) is 9.03. The third-order valence-corrected chi connectivity index (χ3v) is 5.89. The summed E-state index contributed by atoms with van der Waals surface area (Å²) in [7, 11) is 0. The van der Waals surface area contributed by atoms with Crippen molar-refractivity contribution < 1.29 is 9.47 Å². The number of aryl methyl sites for hydroxylation is 1. The van der Waals surface area contributed by atoms with Crippen LogP contribution in [0.1, 0.15) is 96.5 Å². The second-order valence-corrected chi connectivity index (χ2v) is 9.03. The van der Waals surface area contributed by atoms with Gasteiger partial charge >= 0.3 is 0 Å². The molecule has 4 nitrogen and oxygen atoms in total. The highest BCUT2D eigenvalue weighted by Gasteiger charge is 2.03. The van der Waals surface area contributed by atoms with Crippen molar-refractivity contribution in [2.45, 2.75) is 97.3 Å². The molecule has 0 saturated heterocycles. The van der Waals surface area contributed by atoms with Crippen LogP contribution < -0.4 is 4.74 Å². The van der Waals surface area contributed by atoms with Gasteiger partial charge in [-0.3, -0.25) is 0 Å². The summed E-state index contributed by atoms with van der Waals surface area (Å²) < 4.78 is 11.3. The Morgan fingerprint density at radius 3 is 2.15 bits per heavy atom. The number of allylic oxidation sites excluding steroid dienone is 1. The van der Waals surface area contributed by atoms with E-state index >= 15 is 0 Å². The van der Waals surface area contributed by atoms with Gasteiger partial charge in [0.1, 0.15) is 0 Å². The highest BCUT2D eigenvalue weighted by atomic mass is 16.5. The summed E-state index contributed by atoms with van der Waals surface area (Å²) in [5.41, 5.74) is 2.41. The van der Waals surface area contributed by atoms with E-state index in [0.717, 1.165) is 56.0 Å². The summed E-state index contributed by atoms with van der Waals surface area (Å²) in [6.45, 7) is 6.84. The van der Waals surface area contributed by atoms with Crippen molar-refractivity contribution in [2.24, 2.45) is 0 Å². The first-order valence-corrected chi connectivity index (χ1v) is 13.6. The van der Waals surface area contributed by atoms with E-state index in [1.165, 1.54) is 63.4 Å². The Bertz CT molecular complexity index is 756. The normalized spacial score (nSPS) is 11.4. The van der Waals surface area contributed by atoms with Gasteiger partial charge in [-0.1, -0.05) is 88.8 Å². The molecule has 0 radical (unpaired) electrons. The maximum Gasteiger partial charge on any atom is 0.159 e. The quantitative estimate of drug-likeness (QED) is 0.145. The summed E-state index contributed by atoms with van der Waals surface area (Å²) in [6, 6.07) is 8.61. The fraction of sp³-hybridized carbons (Fsp3) is 0.600. The molecule has 188 valence electrons. The SMILES string of the molecule is CCCCCCCC/C=C\CCOc1cnc(-c2ccc(CCCCCOCCC)cc2)nc1. The molecule has 34 heavy (non-hydrogen) atoms. The molecule has 0 saturated carbocycles. The van der Waals surface area contributed by atoms with E-state index in [4.69, 9.17) is 9.47 Å². The predicted octanol–water partition coefficient (Wildman–Crippen LogP) is 8.36. The van der Waals surface area contributed by atoms with Gasteiger partial charge in [-0.25, -0.2) is 9.97 Å². The molecule has 0 fully saturated rings. The van der Waals surface area contributed by atoms with E-state index < -0.39 is 0 Å². The minimum atomic E-state index is 0.662. The number of unbranched alkanes of at least 4 members (excludes halogenated alkanes) is 8. The number of benzene rings is 1. The van der Waals surface area contributed by atoms with Crippen LogP contribution in [0.5, 0.6) is 5.75 Å². The smallest absolute Gasteiger partial charge is 0.159 e. The summed E-state index contributed by atoms with van der Waals surface area (Å²) in [5, 5.41) is 0. The Labute approximate surface area is 208 Å². The molecule has 0 N–H and O–H groups in total. The first-order chi connectivity index (χ1) is 16.8. The van der Waals surface area contributed by atoms with Crippen LogP contribution in [0.2, 0.25) is 0 Å². The number of nitrogens with zero attached hydrogens (tertiary/aromatic N) is 2. The van der Waals surface area contributed by atoms with Gasteiger partial charge in [0.15, 0.2) is 11.6 Å². The lowest BCUT2D eigenvalue weighted by atomic mass is 10.0. The molecule has 1 aromatic heterocycles. The first kappa shape index (κ1) is 28.0. The Balaban J connectivity index is 1.59. The van der Waals surface area contributed by atoms with Crippen LogP contribution in [0.15, 0.2) is 48.8 Å². The van der Waals surface area contributed by atoms with Crippen LogP contribution in [0.25, 0.3) is 11.4 Å². The molecular formula is C30H46N2O2. The first-order valence-electron chi connectivity index (χ1n) is 13.6. The van der Waals surface area contributed by atoms with Crippen LogP contribution in [0, 0.1) is 0 Å². The van der Waals surface area contributed by atoms with Crippen molar-refractivity contribution in [1.29, 1.82) is 0 Å². The van der Waals surface area contributed by atoms with Crippen LogP contribution in [0.4, 0.5) is 0 Å². The average Bonchev–Trinajstić information content (AvgIpc) is 2.87. The maximum absolute atomic E-state index is 5.79. The zero-order valence-corrected chi connectivity index (χ0v) is 21.6. The minimum absolute atomic E-state index is 0.662. The third-order valence-electron chi connectivity index (χ3n) is 5.89. The molecular weight excluding hydrogens is 420 g/mol. The van der Waals surface area contributed by atoms with Crippen molar-refractivity contribution in [3.05, 3.63) is 54.4 Å². The monoisotopic (exact) mass is 466 g/mol. The van der Waals surface area contributed by atoms with Crippen LogP contribution >= 0.6 is 0 Å². The molecule has 0 unspecified atom stereocenters. The van der Waals surface area contributed by atoms with Crippen molar-refractivity contribution in [1.82, 2.24) is 9.97 Å². The van der Waals surface area contributed by atoms with Crippen LogP contribution in [0.3, 0.4) is 0 Å². The molecule has 2 aromatic rings. The van der Waals surface area contributed by atoms with Gasteiger partial charge in [0, 0.05) is 18.8 Å². The Hall–Kier alpha value is -2.20. The number of rotatable bonds is 20. The molecule has 0 aliphatic rings. The predicted molar refractivity (Wildman–Crippen MR) is 143 cm³/mol. The van der Waals surface area contributed by atoms with E-state index in [0.29, 0.717) is 6.61 Å². The molecule has 0 aliphatic carbocycles. The lowest BCUT2D eigenvalue weighted by molar-refractivity contribution is 0.130. The van der Waals surface area contributed by atoms with Crippen LogP contribution in [-0.4, -0.2) is 29.8 Å². The van der Waals surface area contributed by atoms with Gasteiger partial charge in [-0.15, -0.1) is 0 Å². The Morgan fingerprint density at radius 1 is 0.676 bits per heavy atom. The van der Waals surface area contributed by atoms with Gasteiger partial charge in [0.2, 0.25) is 0 Å². The topological polar surface area (TPSA) is 44.2 Å². The highest BCUT2D eigenvalue weighted by molar-refractivity contribution is 5.55. The Kier molecular flexibility index (Phi) is 15.8. The molecule has 1 heterocycles. The number of hydrogen-bond donors (Lipinski definition) is 0. The van der Waals surface area contributed by atoms with Crippen molar-refractivity contribution in [3.63, 3.8) is 0 Å². The van der Waals surface area contributed by atoms with Crippen molar-refractivity contribution in [3.8, 4) is 17.1 Å². The van der Waals surface area contributed by atoms with E-state index in [1.807, 2.05) is 0 Å².